The molecule has 0 unspecified atom stereocenters. The van der Waals surface area contributed by atoms with Crippen LogP contribution in [0.25, 0.3) is 0 Å². The maximum absolute atomic E-state index is 13.4. The van der Waals surface area contributed by atoms with Crippen LogP contribution in [-0.2, 0) is 0 Å². The minimum absolute atomic E-state index is 0.232. The molecule has 2 atom stereocenters. The van der Waals surface area contributed by atoms with Crippen LogP contribution >= 0.6 is 0 Å². The van der Waals surface area contributed by atoms with E-state index in [2.05, 4.69) is 37.7 Å². The molecule has 2 aromatic rings. The predicted molar refractivity (Wildman–Crippen MR) is 100 cm³/mol. The number of anilines is 1. The summed E-state index contributed by atoms with van der Waals surface area (Å²) in [4.78, 5) is 13.1. The van der Waals surface area contributed by atoms with Crippen LogP contribution in [0.4, 0.5) is 10.2 Å². The third kappa shape index (κ3) is 3.63. The molecule has 6 heteroatoms. The lowest BCUT2D eigenvalue weighted by Crippen LogP contribution is -2.52. The summed E-state index contributed by atoms with van der Waals surface area (Å²) in [6, 6.07) is 9.81. The summed E-state index contributed by atoms with van der Waals surface area (Å²) in [6.07, 6.45) is 3.26. The Balaban J connectivity index is 1.47. The van der Waals surface area contributed by atoms with Crippen molar-refractivity contribution in [2.45, 2.75) is 31.8 Å². The molecule has 4 heterocycles. The van der Waals surface area contributed by atoms with Crippen LogP contribution < -0.4 is 4.90 Å². The molecule has 2 aromatic heterocycles. The van der Waals surface area contributed by atoms with Gasteiger partial charge in [0, 0.05) is 31.4 Å². The number of nitrogens with zero attached hydrogens (tertiary/aromatic N) is 5. The summed E-state index contributed by atoms with van der Waals surface area (Å²) in [5, 5.41) is 9.28. The molecule has 0 amide bonds. The van der Waals surface area contributed by atoms with Gasteiger partial charge in [0.2, 0.25) is 0 Å². The van der Waals surface area contributed by atoms with E-state index >= 15 is 0 Å². The number of aromatic nitrogens is 2. The number of halogens is 1. The molecule has 0 N–H and O–H groups in total. The molecule has 5 nitrogen and oxygen atoms in total. The van der Waals surface area contributed by atoms with Crippen LogP contribution in [0.5, 0.6) is 0 Å². The van der Waals surface area contributed by atoms with Crippen molar-refractivity contribution in [1.82, 2.24) is 14.9 Å². The third-order valence-corrected chi connectivity index (χ3v) is 5.21. The minimum atomic E-state index is -0.477. The molecule has 2 aliphatic rings. The zero-order valence-electron chi connectivity index (χ0n) is 15.2. The van der Waals surface area contributed by atoms with E-state index in [1.165, 1.54) is 12.3 Å². The first kappa shape index (κ1) is 17.5. The highest BCUT2D eigenvalue weighted by Crippen LogP contribution is 2.30. The first-order valence-electron chi connectivity index (χ1n) is 9.15. The van der Waals surface area contributed by atoms with Gasteiger partial charge >= 0.3 is 0 Å². The lowest BCUT2D eigenvalue weighted by molar-refractivity contribution is 0.202. The van der Waals surface area contributed by atoms with E-state index in [1.807, 2.05) is 25.1 Å². The maximum Gasteiger partial charge on any atom is 0.146 e. The van der Waals surface area contributed by atoms with E-state index in [9.17, 15) is 9.65 Å². The van der Waals surface area contributed by atoms with E-state index in [4.69, 9.17) is 0 Å². The standard InChI is InChI=1S/C21H20FN5/c1-15-3-2-4-18(25-15)5-6-19-7-8-20-14-26(9-10-27(19)20)21-16(12-23)11-17(22)13-24-21/h2-4,11,13,19-20H,7-10,14H2,1H3/t19-,20-/m0/s1. The Hall–Kier alpha value is -2.96. The fraction of sp³-hybridized carbons (Fsp3) is 0.381. The second-order valence-electron chi connectivity index (χ2n) is 7.00. The molecule has 0 saturated carbocycles. The minimum Gasteiger partial charge on any atom is -0.353 e. The number of nitriles is 1. The molecule has 136 valence electrons. The molecule has 0 radical (unpaired) electrons. The zero-order valence-corrected chi connectivity index (χ0v) is 15.2. The van der Waals surface area contributed by atoms with Crippen LogP contribution in [0, 0.1) is 35.9 Å². The van der Waals surface area contributed by atoms with Gasteiger partial charge in [0.1, 0.15) is 23.4 Å². The molecule has 0 spiro atoms. The number of aryl methyl sites for hydroxylation is 1. The Morgan fingerprint density at radius 2 is 2.15 bits per heavy atom. The van der Waals surface area contributed by atoms with Gasteiger partial charge in [-0.3, -0.25) is 4.90 Å². The van der Waals surface area contributed by atoms with Gasteiger partial charge in [-0.05, 0) is 43.9 Å². The third-order valence-electron chi connectivity index (χ3n) is 5.21. The SMILES string of the molecule is Cc1cccc(C#C[C@H]2CC[C@H]3CN(c4ncc(F)cc4C#N)CCN32)n1. The summed E-state index contributed by atoms with van der Waals surface area (Å²) in [5.41, 5.74) is 2.08. The molecule has 0 bridgehead atoms. The molecule has 27 heavy (non-hydrogen) atoms. The summed E-state index contributed by atoms with van der Waals surface area (Å²) < 4.78 is 13.4. The molecule has 2 saturated heterocycles. The van der Waals surface area contributed by atoms with Crippen molar-refractivity contribution < 1.29 is 4.39 Å². The number of piperazine rings is 1. The molecule has 2 aliphatic heterocycles. The highest BCUT2D eigenvalue weighted by molar-refractivity contribution is 5.54. The number of rotatable bonds is 1. The monoisotopic (exact) mass is 361 g/mol. The number of fused-ring (bicyclic) bond motifs is 1. The van der Waals surface area contributed by atoms with Gasteiger partial charge < -0.3 is 4.90 Å². The Bertz CT molecular complexity index is 955. The quantitative estimate of drug-likeness (QED) is 0.731. The highest BCUT2D eigenvalue weighted by atomic mass is 19.1. The van der Waals surface area contributed by atoms with E-state index in [0.717, 1.165) is 43.9 Å². The Morgan fingerprint density at radius 1 is 1.26 bits per heavy atom. The van der Waals surface area contributed by atoms with Gasteiger partial charge in [-0.15, -0.1) is 0 Å². The van der Waals surface area contributed by atoms with Crippen molar-refractivity contribution in [3.8, 4) is 17.9 Å². The Kier molecular flexibility index (Phi) is 4.75. The van der Waals surface area contributed by atoms with Gasteiger partial charge in [-0.2, -0.15) is 5.26 Å². The lowest BCUT2D eigenvalue weighted by atomic mass is 10.1. The van der Waals surface area contributed by atoms with Crippen molar-refractivity contribution in [2.24, 2.45) is 0 Å². The first-order valence-corrected chi connectivity index (χ1v) is 9.15. The van der Waals surface area contributed by atoms with Crippen molar-refractivity contribution in [1.29, 1.82) is 5.26 Å². The van der Waals surface area contributed by atoms with Crippen molar-refractivity contribution >= 4 is 5.82 Å². The van der Waals surface area contributed by atoms with Crippen LogP contribution in [0.2, 0.25) is 0 Å². The zero-order chi connectivity index (χ0) is 18.8. The van der Waals surface area contributed by atoms with Crippen LogP contribution in [-0.4, -0.2) is 46.6 Å². The average Bonchev–Trinajstić information content (AvgIpc) is 3.08. The normalized spacial score (nSPS) is 21.9. The van der Waals surface area contributed by atoms with E-state index in [-0.39, 0.29) is 6.04 Å². The fourth-order valence-electron chi connectivity index (χ4n) is 3.94. The topological polar surface area (TPSA) is 56.1 Å². The van der Waals surface area contributed by atoms with Crippen LogP contribution in [0.1, 0.15) is 29.8 Å². The molecule has 2 fully saturated rings. The fourth-order valence-corrected chi connectivity index (χ4v) is 3.94. The Morgan fingerprint density at radius 3 is 2.96 bits per heavy atom. The second kappa shape index (κ2) is 7.34. The lowest BCUT2D eigenvalue weighted by Gasteiger charge is -2.39. The van der Waals surface area contributed by atoms with Crippen molar-refractivity contribution in [2.75, 3.05) is 24.5 Å². The van der Waals surface area contributed by atoms with E-state index in [0.29, 0.717) is 17.4 Å². The summed E-state index contributed by atoms with van der Waals surface area (Å²) in [5.74, 6) is 6.70. The number of hydrogen-bond acceptors (Lipinski definition) is 5. The molecule has 4 rings (SSSR count). The summed E-state index contributed by atoms with van der Waals surface area (Å²) in [7, 11) is 0. The van der Waals surface area contributed by atoms with Gasteiger partial charge in [0.05, 0.1) is 17.8 Å². The second-order valence-corrected chi connectivity index (χ2v) is 7.00. The van der Waals surface area contributed by atoms with E-state index < -0.39 is 5.82 Å². The number of hydrogen-bond donors (Lipinski definition) is 0. The van der Waals surface area contributed by atoms with E-state index in [1.54, 1.807) is 0 Å². The molecule has 0 aliphatic carbocycles. The molecular weight excluding hydrogens is 341 g/mol. The van der Waals surface area contributed by atoms with Gasteiger partial charge in [-0.1, -0.05) is 12.0 Å². The molecule has 0 aromatic carbocycles. The Labute approximate surface area is 158 Å². The summed E-state index contributed by atoms with van der Waals surface area (Å²) in [6.45, 7) is 4.36. The van der Waals surface area contributed by atoms with Crippen molar-refractivity contribution in [3.05, 3.63) is 53.2 Å². The van der Waals surface area contributed by atoms with Gasteiger partial charge in [-0.25, -0.2) is 14.4 Å². The summed E-state index contributed by atoms with van der Waals surface area (Å²) >= 11 is 0. The first-order chi connectivity index (χ1) is 13.1. The predicted octanol–water partition coefficient (Wildman–Crippen LogP) is 2.50. The van der Waals surface area contributed by atoms with Crippen LogP contribution in [0.15, 0.2) is 30.5 Å². The average molecular weight is 361 g/mol. The van der Waals surface area contributed by atoms with Gasteiger partial charge in [0.15, 0.2) is 0 Å². The smallest absolute Gasteiger partial charge is 0.146 e. The number of pyridine rings is 2. The molecular formula is C21H20FN5. The van der Waals surface area contributed by atoms with Gasteiger partial charge in [0.25, 0.3) is 0 Å². The highest BCUT2D eigenvalue weighted by Gasteiger charge is 2.37. The van der Waals surface area contributed by atoms with Crippen LogP contribution in [0.3, 0.4) is 0 Å². The maximum atomic E-state index is 13.4. The largest absolute Gasteiger partial charge is 0.353 e. The van der Waals surface area contributed by atoms with Crippen molar-refractivity contribution in [3.63, 3.8) is 0 Å².